The molecule has 1 rings (SSSR count). The average Bonchev–Trinajstić information content (AvgIpc) is 2.05. The molecule has 0 aliphatic heterocycles. The summed E-state index contributed by atoms with van der Waals surface area (Å²) in [6, 6.07) is 0. The maximum absolute atomic E-state index is 3.49. The molecule has 68 valence electrons. The van der Waals surface area contributed by atoms with Crippen LogP contribution in [0.15, 0.2) is 29.3 Å². The minimum atomic E-state index is 0.411. The van der Waals surface area contributed by atoms with E-state index in [-0.39, 0.29) is 0 Å². The van der Waals surface area contributed by atoms with E-state index in [0.29, 0.717) is 5.41 Å². The lowest BCUT2D eigenvalue weighted by molar-refractivity contribution is 0.484. The molecule has 0 spiro atoms. The maximum Gasteiger partial charge on any atom is 0.0353 e. The Bertz CT molecular complexity index is 175. The minimum absolute atomic E-state index is 0.411. The van der Waals surface area contributed by atoms with Crippen LogP contribution in [0.1, 0.15) is 27.2 Å². The molecule has 0 N–H and O–H groups in total. The Labute approximate surface area is 75.9 Å². The van der Waals surface area contributed by atoms with Gasteiger partial charge >= 0.3 is 0 Å². The van der Waals surface area contributed by atoms with Crippen LogP contribution >= 0.6 is 0 Å². The highest BCUT2D eigenvalue weighted by Gasteiger charge is 2.11. The Hall–Kier alpha value is -0.850. The summed E-state index contributed by atoms with van der Waals surface area (Å²) in [6.45, 7) is 10.5. The molecule has 1 nitrogen and oxygen atoms in total. The van der Waals surface area contributed by atoms with Crippen LogP contribution in [0.3, 0.4) is 0 Å². The van der Waals surface area contributed by atoms with Crippen molar-refractivity contribution >= 4 is 6.72 Å². The van der Waals surface area contributed by atoms with Crippen LogP contribution in [-0.2, 0) is 0 Å². The monoisotopic (exact) mass is 165 g/mol. The zero-order valence-electron chi connectivity index (χ0n) is 8.38. The third-order valence-corrected chi connectivity index (χ3v) is 1.66. The van der Waals surface area contributed by atoms with Crippen LogP contribution < -0.4 is 0 Å². The van der Waals surface area contributed by atoms with Crippen LogP contribution in [0, 0.1) is 5.41 Å². The van der Waals surface area contributed by atoms with Gasteiger partial charge in [0.15, 0.2) is 0 Å². The molecule has 0 heterocycles. The quantitative estimate of drug-likeness (QED) is 0.529. The molecule has 0 fully saturated rings. The number of hydrogen-bond donors (Lipinski definition) is 0. The van der Waals surface area contributed by atoms with Crippen molar-refractivity contribution in [2.75, 3.05) is 6.54 Å². The first-order valence-electron chi connectivity index (χ1n) is 4.39. The first-order chi connectivity index (χ1) is 5.62. The molecule has 0 aromatic heterocycles. The molecule has 0 saturated heterocycles. The minimum Gasteiger partial charge on any atom is -0.301 e. The number of hydrogen-bond acceptors (Lipinski definition) is 1. The molecule has 0 saturated carbocycles. The number of nitrogens with zero attached hydrogens (tertiary/aromatic N) is 1. The van der Waals surface area contributed by atoms with E-state index < -0.39 is 0 Å². The molecule has 1 aliphatic rings. The smallest absolute Gasteiger partial charge is 0.0353 e. The Morgan fingerprint density at radius 1 is 1.42 bits per heavy atom. The molecule has 0 unspecified atom stereocenters. The van der Waals surface area contributed by atoms with Gasteiger partial charge in [-0.25, -0.2) is 0 Å². The Kier molecular flexibility index (Phi) is 5.35. The molecule has 0 amide bonds. The van der Waals surface area contributed by atoms with E-state index in [1.165, 1.54) is 6.42 Å². The summed E-state index contributed by atoms with van der Waals surface area (Å²) in [7, 11) is 0. The second-order valence-corrected chi connectivity index (χ2v) is 3.52. The summed E-state index contributed by atoms with van der Waals surface area (Å²) in [5, 5.41) is 0. The lowest BCUT2D eigenvalue weighted by Crippen LogP contribution is -2.06. The highest BCUT2D eigenvalue weighted by molar-refractivity contribution is 5.22. The van der Waals surface area contributed by atoms with E-state index in [2.05, 4.69) is 49.9 Å². The third kappa shape index (κ3) is 5.90. The summed E-state index contributed by atoms with van der Waals surface area (Å²) >= 11 is 0. The van der Waals surface area contributed by atoms with Crippen molar-refractivity contribution in [1.29, 1.82) is 0 Å². The number of aliphatic imine (C=N–C) groups is 1. The zero-order chi connectivity index (χ0) is 9.45. The Balaban J connectivity index is 0.000000261. The fourth-order valence-electron chi connectivity index (χ4n) is 0.834. The second-order valence-electron chi connectivity index (χ2n) is 3.52. The van der Waals surface area contributed by atoms with Gasteiger partial charge in [-0.2, -0.15) is 0 Å². The first kappa shape index (κ1) is 11.2. The molecule has 0 aromatic carbocycles. The van der Waals surface area contributed by atoms with E-state index in [0.717, 1.165) is 6.54 Å². The predicted molar refractivity (Wildman–Crippen MR) is 56.8 cm³/mol. The average molecular weight is 165 g/mol. The van der Waals surface area contributed by atoms with E-state index in [1.54, 1.807) is 0 Å². The molecule has 0 aromatic rings. The van der Waals surface area contributed by atoms with Gasteiger partial charge in [-0.15, -0.1) is 0 Å². The summed E-state index contributed by atoms with van der Waals surface area (Å²) in [5.74, 6) is 0. The molecule has 1 aliphatic carbocycles. The highest BCUT2D eigenvalue weighted by Crippen LogP contribution is 2.24. The van der Waals surface area contributed by atoms with Crippen LogP contribution in [0.4, 0.5) is 0 Å². The molecular formula is C11H19N. The standard InChI is InChI=1S/C8H12.C3H7N/c1-8(2)6-4-3-5-7-8;1-3-4-2/h3-6H,7H2,1-2H3;2-3H2,1H3. The number of allylic oxidation sites excluding steroid dienone is 4. The fourth-order valence-corrected chi connectivity index (χ4v) is 0.834. The Morgan fingerprint density at radius 3 is 2.17 bits per heavy atom. The van der Waals surface area contributed by atoms with Crippen molar-refractivity contribution in [3.05, 3.63) is 24.3 Å². The van der Waals surface area contributed by atoms with Crippen LogP contribution in [0.25, 0.3) is 0 Å². The van der Waals surface area contributed by atoms with E-state index in [4.69, 9.17) is 0 Å². The lowest BCUT2D eigenvalue weighted by atomic mass is 9.86. The van der Waals surface area contributed by atoms with Crippen LogP contribution in [0.5, 0.6) is 0 Å². The van der Waals surface area contributed by atoms with Gasteiger partial charge in [-0.3, -0.25) is 0 Å². The van der Waals surface area contributed by atoms with Crippen LogP contribution in [0.2, 0.25) is 0 Å². The van der Waals surface area contributed by atoms with Gasteiger partial charge in [-0.05, 0) is 25.5 Å². The Morgan fingerprint density at radius 2 is 2.00 bits per heavy atom. The van der Waals surface area contributed by atoms with Gasteiger partial charge in [0.25, 0.3) is 0 Å². The van der Waals surface area contributed by atoms with E-state index in [1.807, 2.05) is 6.92 Å². The molecule has 0 bridgehead atoms. The SMILES string of the molecule is C=NCC.CC1(C)C=CC=CC1. The topological polar surface area (TPSA) is 12.4 Å². The van der Waals surface area contributed by atoms with Gasteiger partial charge in [0.2, 0.25) is 0 Å². The van der Waals surface area contributed by atoms with E-state index in [9.17, 15) is 0 Å². The summed E-state index contributed by atoms with van der Waals surface area (Å²) < 4.78 is 0. The van der Waals surface area contributed by atoms with Crippen LogP contribution in [-0.4, -0.2) is 13.3 Å². The zero-order valence-corrected chi connectivity index (χ0v) is 8.38. The maximum atomic E-state index is 3.49. The summed E-state index contributed by atoms with van der Waals surface area (Å²) in [4.78, 5) is 3.49. The predicted octanol–water partition coefficient (Wildman–Crippen LogP) is 3.24. The van der Waals surface area contributed by atoms with Crippen molar-refractivity contribution in [3.63, 3.8) is 0 Å². The molecule has 12 heavy (non-hydrogen) atoms. The van der Waals surface area contributed by atoms with Crippen molar-refractivity contribution in [1.82, 2.24) is 0 Å². The molecule has 1 heteroatoms. The van der Waals surface area contributed by atoms with Crippen molar-refractivity contribution in [2.45, 2.75) is 27.2 Å². The van der Waals surface area contributed by atoms with Crippen molar-refractivity contribution in [3.8, 4) is 0 Å². The second kappa shape index (κ2) is 5.76. The molecular weight excluding hydrogens is 146 g/mol. The summed E-state index contributed by atoms with van der Waals surface area (Å²) in [5.41, 5.74) is 0.411. The lowest BCUT2D eigenvalue weighted by Gasteiger charge is -2.19. The van der Waals surface area contributed by atoms with Gasteiger partial charge < -0.3 is 4.99 Å². The highest BCUT2D eigenvalue weighted by atomic mass is 14.6. The fraction of sp³-hybridized carbons (Fsp3) is 0.545. The van der Waals surface area contributed by atoms with Gasteiger partial charge in [0.1, 0.15) is 0 Å². The van der Waals surface area contributed by atoms with Crippen molar-refractivity contribution < 1.29 is 0 Å². The third-order valence-electron chi connectivity index (χ3n) is 1.66. The van der Waals surface area contributed by atoms with E-state index >= 15 is 0 Å². The first-order valence-corrected chi connectivity index (χ1v) is 4.39. The van der Waals surface area contributed by atoms with Gasteiger partial charge in [0, 0.05) is 6.54 Å². The van der Waals surface area contributed by atoms with Crippen molar-refractivity contribution in [2.24, 2.45) is 10.4 Å². The number of rotatable bonds is 1. The normalized spacial score (nSPS) is 17.9. The van der Waals surface area contributed by atoms with Gasteiger partial charge in [0.05, 0.1) is 0 Å². The van der Waals surface area contributed by atoms with Gasteiger partial charge in [-0.1, -0.05) is 38.2 Å². The summed E-state index contributed by atoms with van der Waals surface area (Å²) in [6.07, 6.45) is 9.85. The molecule has 0 radical (unpaired) electrons. The molecule has 0 atom stereocenters. The largest absolute Gasteiger partial charge is 0.301 e.